The van der Waals surface area contributed by atoms with Gasteiger partial charge in [-0.15, -0.1) is 0 Å². The van der Waals surface area contributed by atoms with E-state index in [0.29, 0.717) is 9.99 Å². The number of nitrogens with one attached hydrogen (secondary N) is 1. The van der Waals surface area contributed by atoms with Crippen LogP contribution in [-0.2, 0) is 10.1 Å². The van der Waals surface area contributed by atoms with Crippen LogP contribution in [-0.4, -0.2) is 24.1 Å². The smallest absolute Gasteiger partial charge is 0.374 e. The Morgan fingerprint density at radius 3 is 2.61 bits per heavy atom. The summed E-state index contributed by atoms with van der Waals surface area (Å²) in [4.78, 5) is 0. The van der Waals surface area contributed by atoms with Crippen molar-refractivity contribution in [2.24, 2.45) is 0 Å². The van der Waals surface area contributed by atoms with Gasteiger partial charge in [0.25, 0.3) is 0 Å². The van der Waals surface area contributed by atoms with Crippen LogP contribution in [0, 0.1) is 0 Å². The maximum Gasteiger partial charge on any atom is 0.534 e. The minimum absolute atomic E-state index is 0.0165. The van der Waals surface area contributed by atoms with Crippen molar-refractivity contribution >= 4 is 37.0 Å². The van der Waals surface area contributed by atoms with Crippen molar-refractivity contribution in [3.8, 4) is 5.75 Å². The second-order valence-corrected chi connectivity index (χ2v) is 5.50. The molecule has 0 fully saturated rings. The van der Waals surface area contributed by atoms with Crippen LogP contribution in [0.4, 0.5) is 13.2 Å². The zero-order valence-corrected chi connectivity index (χ0v) is 10.7. The Kier molecular flexibility index (Phi) is 3.01. The van der Waals surface area contributed by atoms with Crippen LogP contribution in [0.5, 0.6) is 5.75 Å². The first-order valence-electron chi connectivity index (χ1n) is 4.36. The second-order valence-electron chi connectivity index (χ2n) is 3.17. The number of para-hydroxylation sites is 1. The number of aromatic amines is 1. The summed E-state index contributed by atoms with van der Waals surface area (Å²) in [5, 5.41) is 6.52. The molecule has 2 aromatic rings. The number of rotatable bonds is 2. The molecule has 18 heavy (non-hydrogen) atoms. The third kappa shape index (κ3) is 2.17. The molecule has 0 aliphatic carbocycles. The number of fused-ring (bicyclic) bond motifs is 1. The van der Waals surface area contributed by atoms with Gasteiger partial charge in [0.05, 0.1) is 0 Å². The topological polar surface area (TPSA) is 72.1 Å². The summed E-state index contributed by atoms with van der Waals surface area (Å²) >= 11 is 3.07. The second kappa shape index (κ2) is 4.12. The van der Waals surface area contributed by atoms with Crippen molar-refractivity contribution in [3.63, 3.8) is 0 Å². The lowest BCUT2D eigenvalue weighted by Crippen LogP contribution is -2.28. The van der Waals surface area contributed by atoms with Crippen molar-refractivity contribution in [2.45, 2.75) is 5.51 Å². The summed E-state index contributed by atoms with van der Waals surface area (Å²) in [6, 6.07) is 3.97. The largest absolute Gasteiger partial charge is 0.534 e. The molecule has 0 atom stereocenters. The Morgan fingerprint density at radius 2 is 2.00 bits per heavy atom. The number of H-pyrrole nitrogens is 1. The highest BCUT2D eigenvalue weighted by atomic mass is 79.9. The molecule has 0 unspecified atom stereocenters. The van der Waals surface area contributed by atoms with Gasteiger partial charge in [0, 0.05) is 5.39 Å². The van der Waals surface area contributed by atoms with E-state index in [1.54, 1.807) is 0 Å². The van der Waals surface area contributed by atoms with Gasteiger partial charge in [-0.2, -0.15) is 26.7 Å². The quantitative estimate of drug-likeness (QED) is 0.671. The Balaban J connectivity index is 2.51. The number of hydrogen-bond acceptors (Lipinski definition) is 4. The zero-order valence-electron chi connectivity index (χ0n) is 8.32. The van der Waals surface area contributed by atoms with Gasteiger partial charge in [-0.25, -0.2) is 0 Å². The number of aromatic nitrogens is 2. The lowest BCUT2D eigenvalue weighted by molar-refractivity contribution is -0.0499. The predicted molar refractivity (Wildman–Crippen MR) is 59.4 cm³/mol. The summed E-state index contributed by atoms with van der Waals surface area (Å²) in [5.41, 5.74) is -5.50. The standard InChI is InChI=1S/C8H4BrF3N2O3S/c9-7-4-2-1-3-5(6(4)13-14-7)17-18(15,16)8(10,11)12/h1-3H,(H,13,14). The number of hydrogen-bond donors (Lipinski definition) is 1. The average Bonchev–Trinajstić information content (AvgIpc) is 2.60. The van der Waals surface area contributed by atoms with Gasteiger partial charge in [0.15, 0.2) is 5.75 Å². The molecular weight excluding hydrogens is 341 g/mol. The summed E-state index contributed by atoms with van der Waals surface area (Å²) in [6.07, 6.45) is 0. The highest BCUT2D eigenvalue weighted by Gasteiger charge is 2.48. The van der Waals surface area contributed by atoms with Gasteiger partial charge in [0.2, 0.25) is 0 Å². The summed E-state index contributed by atoms with van der Waals surface area (Å²) in [7, 11) is -5.70. The van der Waals surface area contributed by atoms with E-state index in [4.69, 9.17) is 0 Å². The van der Waals surface area contributed by atoms with Gasteiger partial charge in [-0.1, -0.05) is 6.07 Å². The molecule has 2 rings (SSSR count). The molecule has 0 spiro atoms. The number of benzene rings is 1. The third-order valence-corrected chi connectivity index (χ3v) is 3.55. The third-order valence-electron chi connectivity index (χ3n) is 1.98. The molecular formula is C8H4BrF3N2O3S. The number of halogens is 4. The van der Waals surface area contributed by atoms with Crippen molar-refractivity contribution in [3.05, 3.63) is 22.8 Å². The molecule has 1 aromatic carbocycles. The Morgan fingerprint density at radius 1 is 1.33 bits per heavy atom. The molecule has 1 heterocycles. The average molecular weight is 345 g/mol. The number of alkyl halides is 3. The zero-order chi connectivity index (χ0) is 13.6. The summed E-state index contributed by atoms with van der Waals surface area (Å²) < 4.78 is 62.7. The highest BCUT2D eigenvalue weighted by Crippen LogP contribution is 2.32. The minimum atomic E-state index is -5.70. The van der Waals surface area contributed by atoms with E-state index in [1.165, 1.54) is 12.1 Å². The Labute approximate surface area is 107 Å². The Bertz CT molecular complexity index is 695. The molecule has 0 saturated heterocycles. The first-order chi connectivity index (χ1) is 8.22. The SMILES string of the molecule is O=S(=O)(Oc1cccc2c(Br)[nH]nc12)C(F)(F)F. The molecule has 0 aliphatic rings. The fourth-order valence-corrected chi connectivity index (χ4v) is 2.09. The van der Waals surface area contributed by atoms with E-state index in [1.807, 2.05) is 0 Å². The first kappa shape index (κ1) is 13.1. The van der Waals surface area contributed by atoms with Crippen molar-refractivity contribution in [1.29, 1.82) is 0 Å². The molecule has 0 aliphatic heterocycles. The fourth-order valence-electron chi connectivity index (χ4n) is 1.21. The molecule has 0 bridgehead atoms. The molecule has 98 valence electrons. The maximum atomic E-state index is 12.2. The minimum Gasteiger partial charge on any atom is -0.374 e. The van der Waals surface area contributed by atoms with E-state index in [9.17, 15) is 21.6 Å². The van der Waals surface area contributed by atoms with Crippen LogP contribution < -0.4 is 4.18 Å². The maximum absolute atomic E-state index is 12.2. The lowest BCUT2D eigenvalue weighted by atomic mass is 10.2. The molecule has 0 radical (unpaired) electrons. The van der Waals surface area contributed by atoms with Crippen molar-refractivity contribution in [2.75, 3.05) is 0 Å². The summed E-state index contributed by atoms with van der Waals surface area (Å²) in [5.74, 6) is -0.494. The predicted octanol–water partition coefficient (Wildman–Crippen LogP) is 2.55. The number of nitrogens with zero attached hydrogens (tertiary/aromatic N) is 1. The molecule has 1 N–H and O–H groups in total. The fraction of sp³-hybridized carbons (Fsp3) is 0.125. The molecule has 5 nitrogen and oxygen atoms in total. The van der Waals surface area contributed by atoms with E-state index >= 15 is 0 Å². The van der Waals surface area contributed by atoms with Crippen LogP contribution in [0.3, 0.4) is 0 Å². The van der Waals surface area contributed by atoms with Gasteiger partial charge in [-0.3, -0.25) is 5.10 Å². The van der Waals surface area contributed by atoms with Gasteiger partial charge < -0.3 is 4.18 Å². The van der Waals surface area contributed by atoms with Gasteiger partial charge >= 0.3 is 15.6 Å². The van der Waals surface area contributed by atoms with Gasteiger partial charge in [0.1, 0.15) is 10.1 Å². The highest BCUT2D eigenvalue weighted by molar-refractivity contribution is 9.10. The Hall–Kier alpha value is -1.29. The first-order valence-corrected chi connectivity index (χ1v) is 6.56. The van der Waals surface area contributed by atoms with Crippen LogP contribution >= 0.6 is 15.9 Å². The van der Waals surface area contributed by atoms with E-state index in [2.05, 4.69) is 30.3 Å². The van der Waals surface area contributed by atoms with Crippen molar-refractivity contribution < 1.29 is 25.8 Å². The molecule has 0 amide bonds. The summed E-state index contributed by atoms with van der Waals surface area (Å²) in [6.45, 7) is 0. The van der Waals surface area contributed by atoms with Gasteiger partial charge in [-0.05, 0) is 28.1 Å². The van der Waals surface area contributed by atoms with E-state index < -0.39 is 21.4 Å². The van der Waals surface area contributed by atoms with E-state index in [-0.39, 0.29) is 5.52 Å². The van der Waals surface area contributed by atoms with Crippen LogP contribution in [0.1, 0.15) is 0 Å². The van der Waals surface area contributed by atoms with E-state index in [0.717, 1.165) is 6.07 Å². The normalized spacial score (nSPS) is 12.9. The lowest BCUT2D eigenvalue weighted by Gasteiger charge is -2.09. The monoisotopic (exact) mass is 344 g/mol. The molecule has 0 saturated carbocycles. The van der Waals surface area contributed by atoms with Crippen molar-refractivity contribution in [1.82, 2.24) is 10.2 Å². The van der Waals surface area contributed by atoms with Crippen LogP contribution in [0.2, 0.25) is 0 Å². The van der Waals surface area contributed by atoms with Crippen LogP contribution in [0.25, 0.3) is 10.9 Å². The molecule has 1 aromatic heterocycles. The molecule has 10 heteroatoms. The van der Waals surface area contributed by atoms with Crippen LogP contribution in [0.15, 0.2) is 22.8 Å².